The van der Waals surface area contributed by atoms with E-state index in [-0.39, 0.29) is 34.7 Å². The monoisotopic (exact) mass is 447 g/mol. The van der Waals surface area contributed by atoms with Crippen LogP contribution in [0.25, 0.3) is 0 Å². The summed E-state index contributed by atoms with van der Waals surface area (Å²) in [7, 11) is -2.70. The van der Waals surface area contributed by atoms with Gasteiger partial charge in [0.25, 0.3) is 15.9 Å². The van der Waals surface area contributed by atoms with E-state index in [9.17, 15) is 22.0 Å². The first-order valence-electron chi connectivity index (χ1n) is 9.13. The molecule has 2 aromatic carbocycles. The van der Waals surface area contributed by atoms with E-state index in [2.05, 4.69) is 15.0 Å². The molecule has 31 heavy (non-hydrogen) atoms. The Labute approximate surface area is 178 Å². The molecular formula is C21H19F2N3O4S. The average Bonchev–Trinajstić information content (AvgIpc) is 2.76. The fourth-order valence-corrected chi connectivity index (χ4v) is 4.07. The van der Waals surface area contributed by atoms with Gasteiger partial charge in [0.2, 0.25) is 0 Å². The highest BCUT2D eigenvalue weighted by Crippen LogP contribution is 2.22. The standard InChI is InChI=1S/C21H19F2N3O4S/c1-30-17-11-16(12-24-13-17)26-31(28,29)20-5-3-2-4-18(20)21(27)25-9-8-14-10-15(22)6-7-19(14)23/h2-7,10-13,26H,8-9H2,1H3,(H,25,27). The van der Waals surface area contributed by atoms with Crippen LogP contribution in [-0.2, 0) is 16.4 Å². The number of carbonyl (C=O) groups is 1. The fourth-order valence-electron chi connectivity index (χ4n) is 2.83. The third-order valence-electron chi connectivity index (χ3n) is 4.31. The van der Waals surface area contributed by atoms with Crippen molar-refractivity contribution in [3.8, 4) is 5.75 Å². The number of pyridine rings is 1. The molecule has 2 N–H and O–H groups in total. The van der Waals surface area contributed by atoms with Gasteiger partial charge in [-0.1, -0.05) is 12.1 Å². The Bertz CT molecular complexity index is 1200. The molecule has 10 heteroatoms. The number of nitrogens with zero attached hydrogens (tertiary/aromatic N) is 1. The van der Waals surface area contributed by atoms with Crippen LogP contribution in [0.5, 0.6) is 5.75 Å². The highest BCUT2D eigenvalue weighted by molar-refractivity contribution is 7.92. The Morgan fingerprint density at radius 2 is 1.87 bits per heavy atom. The molecule has 3 rings (SSSR count). The van der Waals surface area contributed by atoms with Crippen LogP contribution in [-0.4, -0.2) is 33.0 Å². The number of sulfonamides is 1. The van der Waals surface area contributed by atoms with Crippen LogP contribution in [0, 0.1) is 11.6 Å². The first-order chi connectivity index (χ1) is 14.8. The summed E-state index contributed by atoms with van der Waals surface area (Å²) in [5.41, 5.74) is 0.176. The summed E-state index contributed by atoms with van der Waals surface area (Å²) in [5, 5.41) is 2.54. The molecule has 0 saturated heterocycles. The van der Waals surface area contributed by atoms with Crippen molar-refractivity contribution < 1.29 is 26.7 Å². The van der Waals surface area contributed by atoms with Crippen molar-refractivity contribution in [2.75, 3.05) is 18.4 Å². The van der Waals surface area contributed by atoms with Gasteiger partial charge in [0.1, 0.15) is 22.3 Å². The molecule has 1 aromatic heterocycles. The molecule has 1 heterocycles. The number of anilines is 1. The molecule has 7 nitrogen and oxygen atoms in total. The first kappa shape index (κ1) is 22.2. The van der Waals surface area contributed by atoms with Crippen molar-refractivity contribution >= 4 is 21.6 Å². The van der Waals surface area contributed by atoms with E-state index in [1.165, 1.54) is 49.8 Å². The number of benzene rings is 2. The van der Waals surface area contributed by atoms with Crippen LogP contribution >= 0.6 is 0 Å². The summed E-state index contributed by atoms with van der Waals surface area (Å²) < 4.78 is 60.1. The quantitative estimate of drug-likeness (QED) is 0.553. The predicted molar refractivity (Wildman–Crippen MR) is 110 cm³/mol. The Morgan fingerprint density at radius 3 is 2.65 bits per heavy atom. The van der Waals surface area contributed by atoms with Crippen molar-refractivity contribution in [1.29, 1.82) is 0 Å². The van der Waals surface area contributed by atoms with Gasteiger partial charge in [0.15, 0.2) is 0 Å². The highest BCUT2D eigenvalue weighted by Gasteiger charge is 2.22. The zero-order chi connectivity index (χ0) is 22.4. The molecule has 1 amide bonds. The van der Waals surface area contributed by atoms with Crippen LogP contribution in [0.4, 0.5) is 14.5 Å². The minimum Gasteiger partial charge on any atom is -0.495 e. The molecule has 0 aliphatic carbocycles. The molecule has 0 spiro atoms. The Balaban J connectivity index is 1.75. The maximum Gasteiger partial charge on any atom is 0.262 e. The number of aromatic nitrogens is 1. The van der Waals surface area contributed by atoms with Crippen LogP contribution < -0.4 is 14.8 Å². The van der Waals surface area contributed by atoms with Crippen LogP contribution in [0.1, 0.15) is 15.9 Å². The molecule has 0 atom stereocenters. The SMILES string of the molecule is COc1cncc(NS(=O)(=O)c2ccccc2C(=O)NCCc2cc(F)ccc2F)c1. The van der Waals surface area contributed by atoms with Crippen LogP contribution in [0.15, 0.2) is 65.8 Å². The van der Waals surface area contributed by atoms with E-state index in [1.54, 1.807) is 0 Å². The lowest BCUT2D eigenvalue weighted by Gasteiger charge is -2.13. The lowest BCUT2D eigenvalue weighted by Crippen LogP contribution is -2.28. The molecule has 0 fully saturated rings. The van der Waals surface area contributed by atoms with Gasteiger partial charge in [-0.2, -0.15) is 0 Å². The number of rotatable bonds is 8. The normalized spacial score (nSPS) is 11.1. The van der Waals surface area contributed by atoms with Gasteiger partial charge in [-0.25, -0.2) is 17.2 Å². The number of amides is 1. The van der Waals surface area contributed by atoms with Gasteiger partial charge in [0, 0.05) is 12.6 Å². The zero-order valence-electron chi connectivity index (χ0n) is 16.4. The number of carbonyl (C=O) groups excluding carboxylic acids is 1. The van der Waals surface area contributed by atoms with E-state index in [0.29, 0.717) is 5.75 Å². The molecule has 0 bridgehead atoms. The highest BCUT2D eigenvalue weighted by atomic mass is 32.2. The summed E-state index contributed by atoms with van der Waals surface area (Å²) in [4.78, 5) is 16.2. The first-order valence-corrected chi connectivity index (χ1v) is 10.6. The maximum absolute atomic E-state index is 13.7. The number of methoxy groups -OCH3 is 1. The van der Waals surface area contributed by atoms with Crippen molar-refractivity contribution in [2.45, 2.75) is 11.3 Å². The van der Waals surface area contributed by atoms with E-state index >= 15 is 0 Å². The van der Waals surface area contributed by atoms with Gasteiger partial charge in [-0.15, -0.1) is 0 Å². The number of ether oxygens (including phenoxy) is 1. The zero-order valence-corrected chi connectivity index (χ0v) is 17.2. The number of halogens is 2. The summed E-state index contributed by atoms with van der Waals surface area (Å²) in [6.45, 7) is -0.0131. The van der Waals surface area contributed by atoms with Crippen LogP contribution in [0.3, 0.4) is 0 Å². The van der Waals surface area contributed by atoms with Gasteiger partial charge in [0.05, 0.1) is 30.8 Å². The molecular weight excluding hydrogens is 428 g/mol. The van der Waals surface area contributed by atoms with E-state index in [0.717, 1.165) is 18.2 Å². The minimum atomic E-state index is -4.12. The summed E-state index contributed by atoms with van der Waals surface area (Å²) in [6.07, 6.45) is 2.76. The second-order valence-corrected chi connectivity index (χ2v) is 8.11. The van der Waals surface area contributed by atoms with E-state index in [4.69, 9.17) is 4.74 Å². The smallest absolute Gasteiger partial charge is 0.262 e. The van der Waals surface area contributed by atoms with Gasteiger partial charge < -0.3 is 10.1 Å². The summed E-state index contributed by atoms with van der Waals surface area (Å²) in [5.74, 6) is -1.48. The molecule has 0 aliphatic heterocycles. The van der Waals surface area contributed by atoms with Crippen LogP contribution in [0.2, 0.25) is 0 Å². The van der Waals surface area contributed by atoms with Crippen molar-refractivity contribution in [3.05, 3.63) is 83.7 Å². The van der Waals surface area contributed by atoms with Crippen molar-refractivity contribution in [2.24, 2.45) is 0 Å². The number of hydrogen-bond acceptors (Lipinski definition) is 5. The topological polar surface area (TPSA) is 97.4 Å². The second-order valence-electron chi connectivity index (χ2n) is 6.46. The van der Waals surface area contributed by atoms with Gasteiger partial charge >= 0.3 is 0 Å². The third kappa shape index (κ3) is 5.54. The Morgan fingerprint density at radius 1 is 1.10 bits per heavy atom. The molecule has 0 unspecified atom stereocenters. The Hall–Kier alpha value is -3.53. The van der Waals surface area contributed by atoms with E-state index < -0.39 is 27.6 Å². The van der Waals surface area contributed by atoms with Gasteiger partial charge in [-0.05, 0) is 42.3 Å². The molecule has 3 aromatic rings. The molecule has 0 aliphatic rings. The maximum atomic E-state index is 13.7. The molecule has 0 saturated carbocycles. The Kier molecular flexibility index (Phi) is 6.81. The lowest BCUT2D eigenvalue weighted by molar-refractivity contribution is 0.0950. The van der Waals surface area contributed by atoms with E-state index in [1.807, 2.05) is 0 Å². The van der Waals surface area contributed by atoms with Crippen molar-refractivity contribution in [1.82, 2.24) is 10.3 Å². The molecule has 162 valence electrons. The minimum absolute atomic E-state index is 0.0131. The lowest BCUT2D eigenvalue weighted by atomic mass is 10.1. The summed E-state index contributed by atoms with van der Waals surface area (Å²) >= 11 is 0. The van der Waals surface area contributed by atoms with Crippen molar-refractivity contribution in [3.63, 3.8) is 0 Å². The third-order valence-corrected chi connectivity index (χ3v) is 5.75. The number of hydrogen-bond donors (Lipinski definition) is 2. The summed E-state index contributed by atoms with van der Waals surface area (Å²) in [6, 6.07) is 10.2. The average molecular weight is 447 g/mol. The largest absolute Gasteiger partial charge is 0.495 e. The molecule has 0 radical (unpaired) electrons. The van der Waals surface area contributed by atoms with Gasteiger partial charge in [-0.3, -0.25) is 14.5 Å². The second kappa shape index (κ2) is 9.52. The number of nitrogens with one attached hydrogen (secondary N) is 2. The predicted octanol–water partition coefficient (Wildman–Crippen LogP) is 3.14. The fraction of sp³-hybridized carbons (Fsp3) is 0.143.